The molecule has 3 nitrogen and oxygen atoms in total. The zero-order chi connectivity index (χ0) is 10.8. The van der Waals surface area contributed by atoms with Gasteiger partial charge in [0.1, 0.15) is 0 Å². The molecule has 84 valence electrons. The Bertz CT molecular complexity index is 471. The Morgan fingerprint density at radius 1 is 1.38 bits per heavy atom. The first kappa shape index (κ1) is 9.85. The molecule has 1 saturated carbocycles. The largest absolute Gasteiger partial charge is 0.313 e. The maximum Gasteiger partial charge on any atom is 0.0706 e. The lowest BCUT2D eigenvalue weighted by Gasteiger charge is -2.02. The summed E-state index contributed by atoms with van der Waals surface area (Å²) < 4.78 is 1.93. The molecule has 16 heavy (non-hydrogen) atoms. The van der Waals surface area contributed by atoms with Gasteiger partial charge < -0.3 is 5.32 Å². The third-order valence-corrected chi connectivity index (χ3v) is 3.25. The first-order valence-electron chi connectivity index (χ1n) is 6.05. The molecule has 0 radical (unpaired) electrons. The van der Waals surface area contributed by atoms with Crippen LogP contribution >= 0.6 is 0 Å². The SMILES string of the molecule is c1ccn2ncc(CNCCC3CC3)c2c1. The monoisotopic (exact) mass is 215 g/mol. The first-order chi connectivity index (χ1) is 7.93. The van der Waals surface area contributed by atoms with Crippen LogP contribution in [0.2, 0.25) is 0 Å². The molecule has 0 amide bonds. The quantitative estimate of drug-likeness (QED) is 0.775. The van der Waals surface area contributed by atoms with Gasteiger partial charge in [0.15, 0.2) is 0 Å². The number of pyridine rings is 1. The van der Waals surface area contributed by atoms with E-state index < -0.39 is 0 Å². The number of nitrogens with one attached hydrogen (secondary N) is 1. The highest BCUT2D eigenvalue weighted by Crippen LogP contribution is 2.31. The number of aromatic nitrogens is 2. The topological polar surface area (TPSA) is 29.3 Å². The average Bonchev–Trinajstić information content (AvgIpc) is 3.05. The second-order valence-electron chi connectivity index (χ2n) is 4.61. The van der Waals surface area contributed by atoms with Crippen molar-refractivity contribution in [3.05, 3.63) is 36.2 Å². The summed E-state index contributed by atoms with van der Waals surface area (Å²) in [7, 11) is 0. The van der Waals surface area contributed by atoms with Crippen LogP contribution in [0.3, 0.4) is 0 Å². The van der Waals surface area contributed by atoms with Crippen LogP contribution in [0.5, 0.6) is 0 Å². The second-order valence-corrected chi connectivity index (χ2v) is 4.61. The number of hydrogen-bond acceptors (Lipinski definition) is 2. The predicted octanol–water partition coefficient (Wildman–Crippen LogP) is 2.22. The van der Waals surface area contributed by atoms with Gasteiger partial charge in [0.25, 0.3) is 0 Å². The van der Waals surface area contributed by atoms with E-state index in [1.165, 1.54) is 30.3 Å². The summed E-state index contributed by atoms with van der Waals surface area (Å²) in [4.78, 5) is 0. The van der Waals surface area contributed by atoms with Gasteiger partial charge in [0, 0.05) is 18.3 Å². The maximum atomic E-state index is 4.32. The fourth-order valence-electron chi connectivity index (χ4n) is 2.06. The van der Waals surface area contributed by atoms with Crippen molar-refractivity contribution in [3.8, 4) is 0 Å². The Labute approximate surface area is 95.5 Å². The molecule has 2 aromatic heterocycles. The van der Waals surface area contributed by atoms with Gasteiger partial charge in [-0.15, -0.1) is 0 Å². The fourth-order valence-corrected chi connectivity index (χ4v) is 2.06. The van der Waals surface area contributed by atoms with E-state index in [1.54, 1.807) is 0 Å². The highest BCUT2D eigenvalue weighted by Gasteiger charge is 2.19. The average molecular weight is 215 g/mol. The van der Waals surface area contributed by atoms with E-state index in [9.17, 15) is 0 Å². The highest BCUT2D eigenvalue weighted by atomic mass is 15.2. The van der Waals surface area contributed by atoms with Gasteiger partial charge in [-0.2, -0.15) is 5.10 Å². The first-order valence-corrected chi connectivity index (χ1v) is 6.05. The van der Waals surface area contributed by atoms with Crippen LogP contribution in [0.1, 0.15) is 24.8 Å². The van der Waals surface area contributed by atoms with Gasteiger partial charge in [-0.25, -0.2) is 4.52 Å². The zero-order valence-electron chi connectivity index (χ0n) is 9.39. The van der Waals surface area contributed by atoms with Gasteiger partial charge >= 0.3 is 0 Å². The van der Waals surface area contributed by atoms with Crippen molar-refractivity contribution in [2.45, 2.75) is 25.8 Å². The standard InChI is InChI=1S/C13H17N3/c1-2-8-16-13(3-1)12(10-15-16)9-14-7-6-11-4-5-11/h1-3,8,10-11,14H,4-7,9H2. The number of fused-ring (bicyclic) bond motifs is 1. The Morgan fingerprint density at radius 3 is 3.19 bits per heavy atom. The third-order valence-electron chi connectivity index (χ3n) is 3.25. The molecule has 0 atom stereocenters. The van der Waals surface area contributed by atoms with Crippen LogP contribution < -0.4 is 5.32 Å². The molecule has 0 aliphatic heterocycles. The molecule has 0 spiro atoms. The summed E-state index contributed by atoms with van der Waals surface area (Å²) in [5.74, 6) is 1.01. The Kier molecular flexibility index (Phi) is 2.62. The molecule has 1 fully saturated rings. The molecule has 0 aromatic carbocycles. The smallest absolute Gasteiger partial charge is 0.0706 e. The van der Waals surface area contributed by atoms with Crippen LogP contribution in [0.4, 0.5) is 0 Å². The summed E-state index contributed by atoms with van der Waals surface area (Å²) >= 11 is 0. The minimum atomic E-state index is 0.931. The van der Waals surface area contributed by atoms with Crippen LogP contribution in [-0.2, 0) is 6.54 Å². The molecule has 2 heterocycles. The maximum absolute atomic E-state index is 4.32. The predicted molar refractivity (Wildman–Crippen MR) is 64.2 cm³/mol. The van der Waals surface area contributed by atoms with Crippen LogP contribution in [0.15, 0.2) is 30.6 Å². The summed E-state index contributed by atoms with van der Waals surface area (Å²) in [5, 5.41) is 7.82. The number of hydrogen-bond donors (Lipinski definition) is 1. The Morgan fingerprint density at radius 2 is 2.31 bits per heavy atom. The highest BCUT2D eigenvalue weighted by molar-refractivity contribution is 5.53. The van der Waals surface area contributed by atoms with Gasteiger partial charge in [-0.3, -0.25) is 0 Å². The molecule has 1 aliphatic rings. The molecular weight excluding hydrogens is 198 g/mol. The number of rotatable bonds is 5. The van der Waals surface area contributed by atoms with Gasteiger partial charge in [-0.1, -0.05) is 18.9 Å². The summed E-state index contributed by atoms with van der Waals surface area (Å²) in [5.41, 5.74) is 2.50. The number of nitrogens with zero attached hydrogens (tertiary/aromatic N) is 2. The molecule has 0 saturated heterocycles. The van der Waals surface area contributed by atoms with Crippen molar-refractivity contribution in [3.63, 3.8) is 0 Å². The Balaban J connectivity index is 1.60. The Hall–Kier alpha value is -1.35. The summed E-state index contributed by atoms with van der Waals surface area (Å²) in [6, 6.07) is 6.18. The van der Waals surface area contributed by atoms with Crippen molar-refractivity contribution in [1.82, 2.24) is 14.9 Å². The summed E-state index contributed by atoms with van der Waals surface area (Å²) in [6.45, 7) is 2.06. The van der Waals surface area contributed by atoms with Crippen LogP contribution in [-0.4, -0.2) is 16.2 Å². The van der Waals surface area contributed by atoms with E-state index in [2.05, 4.69) is 22.5 Å². The third kappa shape index (κ3) is 2.09. The van der Waals surface area contributed by atoms with Crippen molar-refractivity contribution in [2.24, 2.45) is 5.92 Å². The van der Waals surface area contributed by atoms with Crippen molar-refractivity contribution < 1.29 is 0 Å². The van der Waals surface area contributed by atoms with E-state index in [1.807, 2.05) is 23.0 Å². The molecule has 3 heteroatoms. The van der Waals surface area contributed by atoms with Crippen LogP contribution in [0, 0.1) is 5.92 Å². The minimum absolute atomic E-state index is 0.931. The van der Waals surface area contributed by atoms with Gasteiger partial charge in [0.2, 0.25) is 0 Å². The molecule has 0 unspecified atom stereocenters. The lowest BCUT2D eigenvalue weighted by Crippen LogP contribution is -2.14. The van der Waals surface area contributed by atoms with E-state index in [0.717, 1.165) is 19.0 Å². The molecule has 0 bridgehead atoms. The van der Waals surface area contributed by atoms with E-state index in [-0.39, 0.29) is 0 Å². The van der Waals surface area contributed by atoms with Crippen molar-refractivity contribution in [2.75, 3.05) is 6.54 Å². The summed E-state index contributed by atoms with van der Waals surface area (Å²) in [6.07, 6.45) is 8.17. The van der Waals surface area contributed by atoms with Crippen molar-refractivity contribution >= 4 is 5.52 Å². The van der Waals surface area contributed by atoms with Gasteiger partial charge in [0.05, 0.1) is 11.7 Å². The van der Waals surface area contributed by atoms with Gasteiger partial charge in [-0.05, 0) is 31.0 Å². The molecule has 1 N–H and O–H groups in total. The van der Waals surface area contributed by atoms with E-state index in [0.29, 0.717) is 0 Å². The molecule has 3 rings (SSSR count). The molecule has 2 aromatic rings. The lowest BCUT2D eigenvalue weighted by atomic mass is 10.2. The molecule has 1 aliphatic carbocycles. The fraction of sp³-hybridized carbons (Fsp3) is 0.462. The lowest BCUT2D eigenvalue weighted by molar-refractivity contribution is 0.614. The molecular formula is C13H17N3. The van der Waals surface area contributed by atoms with Crippen LogP contribution in [0.25, 0.3) is 5.52 Å². The zero-order valence-corrected chi connectivity index (χ0v) is 9.39. The van der Waals surface area contributed by atoms with Crippen molar-refractivity contribution in [1.29, 1.82) is 0 Å². The van der Waals surface area contributed by atoms with E-state index in [4.69, 9.17) is 0 Å². The normalized spacial score (nSPS) is 15.8. The van der Waals surface area contributed by atoms with E-state index >= 15 is 0 Å². The second kappa shape index (κ2) is 4.26. The minimum Gasteiger partial charge on any atom is -0.313 e.